The molecule has 24 heavy (non-hydrogen) atoms. The van der Waals surface area contributed by atoms with Gasteiger partial charge < -0.3 is 15.2 Å². The van der Waals surface area contributed by atoms with Crippen molar-refractivity contribution >= 4 is 16.6 Å². The zero-order valence-electron chi connectivity index (χ0n) is 13.4. The quantitative estimate of drug-likeness (QED) is 0.557. The second-order valence-electron chi connectivity index (χ2n) is 5.92. The van der Waals surface area contributed by atoms with Crippen molar-refractivity contribution in [3.05, 3.63) is 48.2 Å². The van der Waals surface area contributed by atoms with E-state index in [-0.39, 0.29) is 17.1 Å². The van der Waals surface area contributed by atoms with E-state index >= 15 is 0 Å². The van der Waals surface area contributed by atoms with Crippen molar-refractivity contribution in [2.24, 2.45) is 0 Å². The summed E-state index contributed by atoms with van der Waals surface area (Å²) in [6.07, 6.45) is 4.40. The molecule has 1 aliphatic rings. The van der Waals surface area contributed by atoms with Gasteiger partial charge in [0, 0.05) is 28.5 Å². The Morgan fingerprint density at radius 1 is 1.21 bits per heavy atom. The van der Waals surface area contributed by atoms with Gasteiger partial charge in [-0.3, -0.25) is 4.68 Å². The number of ether oxygens (including phenoxy) is 2. The van der Waals surface area contributed by atoms with Gasteiger partial charge in [-0.25, -0.2) is 0 Å². The Morgan fingerprint density at radius 3 is 2.62 bits per heavy atom. The van der Waals surface area contributed by atoms with Gasteiger partial charge in [-0.15, -0.1) is 0 Å². The molecule has 126 valence electrons. The number of hydrogen-bond donors (Lipinski definition) is 1. The van der Waals surface area contributed by atoms with Gasteiger partial charge in [0.2, 0.25) is 0 Å². The molecule has 2 N–H and O–H groups in total. The topological polar surface area (TPSA) is 62.3 Å². The first kappa shape index (κ1) is 16.7. The van der Waals surface area contributed by atoms with E-state index in [1.54, 1.807) is 7.11 Å². The average Bonchev–Trinajstić information content (AvgIpc) is 3.31. The summed E-state index contributed by atoms with van der Waals surface area (Å²) in [5, 5.41) is 5.51. The van der Waals surface area contributed by atoms with Crippen LogP contribution in [0.25, 0.3) is 10.9 Å². The van der Waals surface area contributed by atoms with Crippen LogP contribution in [0.4, 0.5) is 5.69 Å². The second kappa shape index (κ2) is 6.75. The first-order chi connectivity index (χ1) is 11.2. The third-order valence-electron chi connectivity index (χ3n) is 4.08. The number of aromatic nitrogens is 2. The Labute approximate surface area is 151 Å². The number of fused-ring (bicyclic) bond motifs is 1. The van der Waals surface area contributed by atoms with Crippen molar-refractivity contribution in [2.75, 3.05) is 12.8 Å². The number of benzene rings is 2. The third kappa shape index (κ3) is 3.35. The molecule has 0 unspecified atom stereocenters. The summed E-state index contributed by atoms with van der Waals surface area (Å²) in [4.78, 5) is 0. The summed E-state index contributed by atoms with van der Waals surface area (Å²) in [6, 6.07) is 11.9. The minimum absolute atomic E-state index is 0. The van der Waals surface area contributed by atoms with Gasteiger partial charge in [-0.1, -0.05) is 12.1 Å². The van der Waals surface area contributed by atoms with Gasteiger partial charge in [0.1, 0.15) is 11.5 Å². The van der Waals surface area contributed by atoms with Gasteiger partial charge in [0.05, 0.1) is 37.2 Å². The molecule has 0 radical (unpaired) electrons. The molecule has 3 aromatic rings. The molecule has 0 spiro atoms. The number of nitrogens with zero attached hydrogens (tertiary/aromatic N) is 2. The van der Waals surface area contributed by atoms with Crippen LogP contribution in [-0.4, -0.2) is 23.0 Å². The van der Waals surface area contributed by atoms with Gasteiger partial charge in [-0.05, 0) is 36.6 Å². The first-order valence-corrected chi connectivity index (χ1v) is 7.77. The van der Waals surface area contributed by atoms with E-state index in [9.17, 15) is 0 Å². The van der Waals surface area contributed by atoms with Crippen molar-refractivity contribution in [2.45, 2.75) is 25.5 Å². The summed E-state index contributed by atoms with van der Waals surface area (Å²) in [7, 11) is 1.67. The Kier molecular flexibility index (Phi) is 4.69. The number of methoxy groups -OCH3 is 1. The molecular weight excluding hydrogens is 346 g/mol. The fourth-order valence-corrected chi connectivity index (χ4v) is 2.62. The summed E-state index contributed by atoms with van der Waals surface area (Å²) in [6.45, 7) is 0.695. The van der Waals surface area contributed by atoms with Crippen molar-refractivity contribution in [1.29, 1.82) is 0 Å². The number of rotatable bonds is 5. The van der Waals surface area contributed by atoms with Crippen LogP contribution < -0.4 is 15.2 Å². The summed E-state index contributed by atoms with van der Waals surface area (Å²) < 4.78 is 13.0. The van der Waals surface area contributed by atoms with Gasteiger partial charge in [0.15, 0.2) is 0 Å². The van der Waals surface area contributed by atoms with E-state index in [1.165, 1.54) is 0 Å². The Morgan fingerprint density at radius 2 is 1.96 bits per heavy atom. The fourth-order valence-electron chi connectivity index (χ4n) is 2.62. The zero-order chi connectivity index (χ0) is 15.8. The van der Waals surface area contributed by atoms with Crippen LogP contribution in [0.5, 0.6) is 11.5 Å². The van der Waals surface area contributed by atoms with Gasteiger partial charge in [-0.2, -0.15) is 5.10 Å². The van der Waals surface area contributed by atoms with Gasteiger partial charge in [0.25, 0.3) is 0 Å². The molecule has 0 saturated heterocycles. The largest absolute Gasteiger partial charge is 0.497 e. The Bertz CT molecular complexity index is 841. The maximum Gasteiger partial charge on any atom is 0.144 e. The molecule has 2 aromatic carbocycles. The van der Waals surface area contributed by atoms with E-state index in [0.29, 0.717) is 18.3 Å². The molecule has 0 atom stereocenters. The molecular formula is C18H19FeN3O2. The molecule has 1 saturated carbocycles. The Hall–Kier alpha value is -2.17. The number of nitrogens with two attached hydrogens (primary N) is 1. The summed E-state index contributed by atoms with van der Waals surface area (Å²) in [5.74, 6) is 1.61. The SMILES string of the molecule is COc1ccc(Cn2ncc3cc(N)c(OC4CC4)cc32)cc1.[Fe]. The number of nitrogen functional groups attached to an aromatic ring is 1. The predicted molar refractivity (Wildman–Crippen MR) is 89.9 cm³/mol. The summed E-state index contributed by atoms with van der Waals surface area (Å²) in [5.41, 5.74) is 8.95. The number of hydrogen-bond acceptors (Lipinski definition) is 4. The van der Waals surface area contributed by atoms with E-state index < -0.39 is 0 Å². The molecule has 1 aliphatic carbocycles. The summed E-state index contributed by atoms with van der Waals surface area (Å²) >= 11 is 0. The fraction of sp³-hybridized carbons (Fsp3) is 0.278. The van der Waals surface area contributed by atoms with Crippen LogP contribution >= 0.6 is 0 Å². The van der Waals surface area contributed by atoms with E-state index in [4.69, 9.17) is 15.2 Å². The third-order valence-corrected chi connectivity index (χ3v) is 4.08. The van der Waals surface area contributed by atoms with Crippen molar-refractivity contribution in [3.63, 3.8) is 0 Å². The monoisotopic (exact) mass is 365 g/mol. The van der Waals surface area contributed by atoms with Crippen LogP contribution in [0.1, 0.15) is 18.4 Å². The standard InChI is InChI=1S/C18H19N3O2.Fe/c1-22-14-4-2-12(3-5-14)11-21-17-9-18(23-15-6-7-15)16(19)8-13(17)10-20-21;/h2-5,8-10,15H,6-7,11,19H2,1H3;. The smallest absolute Gasteiger partial charge is 0.144 e. The molecule has 6 heteroatoms. The van der Waals surface area contributed by atoms with E-state index in [0.717, 1.165) is 40.8 Å². The van der Waals surface area contributed by atoms with Crippen LogP contribution in [-0.2, 0) is 23.6 Å². The molecule has 5 nitrogen and oxygen atoms in total. The molecule has 1 heterocycles. The molecule has 4 rings (SSSR count). The molecule has 0 amide bonds. The second-order valence-corrected chi connectivity index (χ2v) is 5.92. The number of anilines is 1. The Balaban J connectivity index is 0.00000169. The molecule has 0 bridgehead atoms. The van der Waals surface area contributed by atoms with Crippen LogP contribution in [0.2, 0.25) is 0 Å². The zero-order valence-corrected chi connectivity index (χ0v) is 14.5. The maximum absolute atomic E-state index is 6.08. The predicted octanol–water partition coefficient (Wildman–Crippen LogP) is 3.21. The van der Waals surface area contributed by atoms with Gasteiger partial charge >= 0.3 is 0 Å². The van der Waals surface area contributed by atoms with E-state index in [1.807, 2.05) is 47.3 Å². The van der Waals surface area contributed by atoms with Crippen LogP contribution in [0.3, 0.4) is 0 Å². The van der Waals surface area contributed by atoms with E-state index in [2.05, 4.69) is 5.10 Å². The van der Waals surface area contributed by atoms with Crippen molar-refractivity contribution < 1.29 is 26.5 Å². The minimum atomic E-state index is 0. The van der Waals surface area contributed by atoms with Crippen LogP contribution in [0.15, 0.2) is 42.6 Å². The first-order valence-electron chi connectivity index (χ1n) is 7.77. The van der Waals surface area contributed by atoms with Crippen molar-refractivity contribution in [1.82, 2.24) is 9.78 Å². The molecule has 1 aromatic heterocycles. The molecule has 0 aliphatic heterocycles. The van der Waals surface area contributed by atoms with Crippen molar-refractivity contribution in [3.8, 4) is 11.5 Å². The molecule has 1 fully saturated rings. The minimum Gasteiger partial charge on any atom is -0.497 e. The average molecular weight is 365 g/mol. The van der Waals surface area contributed by atoms with Crippen LogP contribution in [0, 0.1) is 0 Å². The normalized spacial score (nSPS) is 13.5. The maximum atomic E-state index is 6.08.